The summed E-state index contributed by atoms with van der Waals surface area (Å²) in [6, 6.07) is 4.41. The second-order valence-corrected chi connectivity index (χ2v) is 4.08. The lowest BCUT2D eigenvalue weighted by Gasteiger charge is -1.98. The number of rotatable bonds is 3. The molecule has 15 heavy (non-hydrogen) atoms. The summed E-state index contributed by atoms with van der Waals surface area (Å²) in [7, 11) is 0. The first-order valence-corrected chi connectivity index (χ1v) is 5.37. The van der Waals surface area contributed by atoms with Crippen LogP contribution in [0, 0.1) is 5.82 Å². The number of aromatic hydroxyl groups is 1. The van der Waals surface area contributed by atoms with Crippen LogP contribution in [0.25, 0.3) is 6.08 Å². The molecule has 0 aromatic heterocycles. The van der Waals surface area contributed by atoms with Gasteiger partial charge in [-0.05, 0) is 6.07 Å². The van der Waals surface area contributed by atoms with Gasteiger partial charge in [0.1, 0.15) is 0 Å². The molecule has 0 aliphatic heterocycles. The number of hydrogen-bond donors (Lipinski definition) is 1. The number of carbonyl (C=O) groups excluding carboxylic acids is 1. The molecule has 80 valence electrons. The molecule has 0 radical (unpaired) electrons. The largest absolute Gasteiger partial charge is 0.505 e. The van der Waals surface area contributed by atoms with Gasteiger partial charge in [-0.1, -0.05) is 36.0 Å². The quantitative estimate of drug-likeness (QED) is 0.861. The van der Waals surface area contributed by atoms with E-state index in [1.54, 1.807) is 24.3 Å². The third-order valence-corrected chi connectivity index (χ3v) is 2.45. The lowest BCUT2D eigenvalue weighted by atomic mass is 10.2. The first-order valence-electron chi connectivity index (χ1n) is 4.38. The molecular weight excluding hydrogens is 215 g/mol. The van der Waals surface area contributed by atoms with Crippen LogP contribution in [-0.4, -0.2) is 16.0 Å². The summed E-state index contributed by atoms with van der Waals surface area (Å²) in [6.45, 7) is 1.48. The fraction of sp³-hybridized carbons (Fsp3) is 0.182. The van der Waals surface area contributed by atoms with Crippen molar-refractivity contribution in [1.82, 2.24) is 0 Å². The number of thioether (sulfide) groups is 1. The van der Waals surface area contributed by atoms with Gasteiger partial charge in [-0.15, -0.1) is 0 Å². The summed E-state index contributed by atoms with van der Waals surface area (Å²) < 4.78 is 13.2. The summed E-state index contributed by atoms with van der Waals surface area (Å²) in [5, 5.41) is 9.10. The standard InChI is InChI=1S/C11H11FO2S/c1-8(13)15-7-3-5-9-4-2-6-10(14)11(9)12/h2-6,14H,7H2,1H3. The highest BCUT2D eigenvalue weighted by Gasteiger charge is 2.02. The van der Waals surface area contributed by atoms with Gasteiger partial charge in [0.25, 0.3) is 0 Å². The molecule has 4 heteroatoms. The Labute approximate surface area is 91.8 Å². The molecule has 0 fully saturated rings. The van der Waals surface area contributed by atoms with E-state index in [1.165, 1.54) is 13.0 Å². The summed E-state index contributed by atoms with van der Waals surface area (Å²) >= 11 is 1.15. The van der Waals surface area contributed by atoms with Crippen LogP contribution in [0.5, 0.6) is 5.75 Å². The maximum atomic E-state index is 13.2. The average molecular weight is 226 g/mol. The molecular formula is C11H11FO2S. The Bertz CT molecular complexity index is 388. The Morgan fingerprint density at radius 2 is 2.33 bits per heavy atom. The van der Waals surface area contributed by atoms with E-state index in [-0.39, 0.29) is 10.9 Å². The van der Waals surface area contributed by atoms with Gasteiger partial charge in [-0.25, -0.2) is 4.39 Å². The summed E-state index contributed by atoms with van der Waals surface area (Å²) in [5.41, 5.74) is 0.319. The van der Waals surface area contributed by atoms with Crippen LogP contribution >= 0.6 is 11.8 Å². The number of halogens is 1. The first-order chi connectivity index (χ1) is 7.11. The molecule has 0 atom stereocenters. The van der Waals surface area contributed by atoms with Crippen LogP contribution < -0.4 is 0 Å². The minimum atomic E-state index is -0.637. The lowest BCUT2D eigenvalue weighted by Crippen LogP contribution is -1.84. The monoisotopic (exact) mass is 226 g/mol. The molecule has 0 aliphatic rings. The Morgan fingerprint density at radius 3 is 3.00 bits per heavy atom. The summed E-state index contributed by atoms with van der Waals surface area (Å²) in [5.74, 6) is -0.498. The second-order valence-electron chi connectivity index (χ2n) is 2.89. The zero-order chi connectivity index (χ0) is 11.3. The van der Waals surface area contributed by atoms with Gasteiger partial charge in [-0.2, -0.15) is 0 Å². The van der Waals surface area contributed by atoms with Gasteiger partial charge in [0, 0.05) is 18.2 Å². The number of phenolic OH excluding ortho intramolecular Hbond substituents is 1. The maximum absolute atomic E-state index is 13.2. The number of phenols is 1. The van der Waals surface area contributed by atoms with Gasteiger partial charge in [0.15, 0.2) is 16.7 Å². The fourth-order valence-electron chi connectivity index (χ4n) is 1.01. The van der Waals surface area contributed by atoms with Crippen molar-refractivity contribution in [2.75, 3.05) is 5.75 Å². The van der Waals surface area contributed by atoms with Gasteiger partial charge in [-0.3, -0.25) is 4.79 Å². The highest BCUT2D eigenvalue weighted by atomic mass is 32.2. The van der Waals surface area contributed by atoms with Crippen LogP contribution in [0.15, 0.2) is 24.3 Å². The van der Waals surface area contributed by atoms with E-state index in [2.05, 4.69) is 0 Å². The van der Waals surface area contributed by atoms with Crippen molar-refractivity contribution in [3.05, 3.63) is 35.7 Å². The minimum Gasteiger partial charge on any atom is -0.505 e. The minimum absolute atomic E-state index is 0.0241. The van der Waals surface area contributed by atoms with E-state index in [9.17, 15) is 9.18 Å². The van der Waals surface area contributed by atoms with Gasteiger partial charge in [0.2, 0.25) is 0 Å². The van der Waals surface area contributed by atoms with E-state index in [0.717, 1.165) is 11.8 Å². The molecule has 0 saturated heterocycles. The van der Waals surface area contributed by atoms with Crippen LogP contribution in [0.1, 0.15) is 12.5 Å². The van der Waals surface area contributed by atoms with E-state index in [0.29, 0.717) is 11.3 Å². The zero-order valence-corrected chi connectivity index (χ0v) is 9.05. The van der Waals surface area contributed by atoms with E-state index in [4.69, 9.17) is 5.11 Å². The Morgan fingerprint density at radius 1 is 1.60 bits per heavy atom. The molecule has 1 aromatic rings. The van der Waals surface area contributed by atoms with Crippen LogP contribution in [0.3, 0.4) is 0 Å². The average Bonchev–Trinajstić information content (AvgIpc) is 2.18. The van der Waals surface area contributed by atoms with Gasteiger partial charge < -0.3 is 5.11 Å². The van der Waals surface area contributed by atoms with Crippen LogP contribution in [0.2, 0.25) is 0 Å². The predicted molar refractivity (Wildman–Crippen MR) is 60.2 cm³/mol. The van der Waals surface area contributed by atoms with Crippen molar-refractivity contribution in [2.45, 2.75) is 6.92 Å². The molecule has 0 heterocycles. The van der Waals surface area contributed by atoms with Crippen molar-refractivity contribution >= 4 is 23.0 Å². The van der Waals surface area contributed by atoms with Crippen molar-refractivity contribution in [3.8, 4) is 5.75 Å². The van der Waals surface area contributed by atoms with E-state index < -0.39 is 5.82 Å². The summed E-state index contributed by atoms with van der Waals surface area (Å²) in [6.07, 6.45) is 3.23. The van der Waals surface area contributed by atoms with Crippen LogP contribution in [-0.2, 0) is 4.79 Å². The SMILES string of the molecule is CC(=O)SCC=Cc1cccc(O)c1F. The van der Waals surface area contributed by atoms with Crippen molar-refractivity contribution < 1.29 is 14.3 Å². The third-order valence-electron chi connectivity index (χ3n) is 1.69. The van der Waals surface area contributed by atoms with Crippen LogP contribution in [0.4, 0.5) is 4.39 Å². The molecule has 0 amide bonds. The highest BCUT2D eigenvalue weighted by Crippen LogP contribution is 2.19. The molecule has 1 rings (SSSR count). The second kappa shape index (κ2) is 5.56. The molecule has 1 N–H and O–H groups in total. The van der Waals surface area contributed by atoms with E-state index in [1.807, 2.05) is 0 Å². The van der Waals surface area contributed by atoms with Gasteiger partial charge >= 0.3 is 0 Å². The smallest absolute Gasteiger partial charge is 0.186 e. The van der Waals surface area contributed by atoms with Crippen molar-refractivity contribution in [1.29, 1.82) is 0 Å². The van der Waals surface area contributed by atoms with E-state index >= 15 is 0 Å². The number of carbonyl (C=O) groups is 1. The highest BCUT2D eigenvalue weighted by molar-refractivity contribution is 8.13. The molecule has 0 bridgehead atoms. The number of benzene rings is 1. The Kier molecular flexibility index (Phi) is 4.37. The summed E-state index contributed by atoms with van der Waals surface area (Å²) in [4.78, 5) is 10.6. The molecule has 2 nitrogen and oxygen atoms in total. The molecule has 0 unspecified atom stereocenters. The lowest BCUT2D eigenvalue weighted by molar-refractivity contribution is -0.109. The Balaban J connectivity index is 2.64. The Hall–Kier alpha value is -1.29. The maximum Gasteiger partial charge on any atom is 0.186 e. The van der Waals surface area contributed by atoms with Crippen molar-refractivity contribution in [2.24, 2.45) is 0 Å². The molecule has 0 aliphatic carbocycles. The third kappa shape index (κ3) is 3.75. The predicted octanol–water partition coefficient (Wildman–Crippen LogP) is 2.82. The number of hydrogen-bond acceptors (Lipinski definition) is 3. The zero-order valence-electron chi connectivity index (χ0n) is 8.24. The van der Waals surface area contributed by atoms with Gasteiger partial charge in [0.05, 0.1) is 0 Å². The normalized spacial score (nSPS) is 10.8. The molecule has 0 saturated carbocycles. The first kappa shape index (κ1) is 11.8. The van der Waals surface area contributed by atoms with Crippen molar-refractivity contribution in [3.63, 3.8) is 0 Å². The topological polar surface area (TPSA) is 37.3 Å². The molecule has 0 spiro atoms. The molecule has 1 aromatic carbocycles. The fourth-order valence-corrected chi connectivity index (χ4v) is 1.43.